The topological polar surface area (TPSA) is 120 Å². The van der Waals surface area contributed by atoms with Crippen molar-refractivity contribution in [2.75, 3.05) is 24.7 Å². The molecule has 2 fully saturated rings. The third kappa shape index (κ3) is 4.70. The maximum Gasteiger partial charge on any atom is 0.236 e. The summed E-state index contributed by atoms with van der Waals surface area (Å²) in [4.78, 5) is 14.2. The van der Waals surface area contributed by atoms with Gasteiger partial charge in [0.15, 0.2) is 0 Å². The second kappa shape index (κ2) is 10.2. The molecule has 4 rings (SSSR count). The zero-order chi connectivity index (χ0) is 24.4. The standard InChI is InChI=1S/C25H28FNO7/c1-2-19(33-13-21-23(30)24(31)22(29)20(12-28)34-21)15-5-3-14(4-6-15)18-11-27(25(18)32)17-9-7-16(26)8-10-17/h2-10,18,20-24,28-31H,11-13H2,1H3/t18?,20-,21+,22-,23+,24-/m1/s1. The number of aliphatic hydroxyl groups is 4. The summed E-state index contributed by atoms with van der Waals surface area (Å²) in [5.41, 5.74) is 2.27. The summed E-state index contributed by atoms with van der Waals surface area (Å²) < 4.78 is 24.4. The lowest BCUT2D eigenvalue weighted by molar-refractivity contribution is -0.235. The molecule has 1 amide bonds. The number of allylic oxidation sites excluding steroid dienone is 1. The highest BCUT2D eigenvalue weighted by atomic mass is 19.1. The summed E-state index contributed by atoms with van der Waals surface area (Å²) >= 11 is 0. The summed E-state index contributed by atoms with van der Waals surface area (Å²) in [6.07, 6.45) is -4.43. The van der Waals surface area contributed by atoms with Gasteiger partial charge < -0.3 is 34.8 Å². The second-order valence-electron chi connectivity index (χ2n) is 8.43. The Bertz CT molecular complexity index is 1020. The number of carbonyl (C=O) groups is 1. The third-order valence-corrected chi connectivity index (χ3v) is 6.32. The first kappa shape index (κ1) is 24.3. The predicted molar refractivity (Wildman–Crippen MR) is 121 cm³/mol. The largest absolute Gasteiger partial charge is 0.490 e. The van der Waals surface area contributed by atoms with E-state index in [0.717, 1.165) is 11.1 Å². The SMILES string of the molecule is CC=C(OC[C@@H]1O[C@H](CO)[C@@H](O)[C@@H](O)[C@H]1O)c1ccc(C2CN(c3ccc(F)cc3)C2=O)cc1. The maximum absolute atomic E-state index is 13.1. The van der Waals surface area contributed by atoms with Gasteiger partial charge in [0.05, 0.1) is 12.5 Å². The molecule has 2 aromatic rings. The summed E-state index contributed by atoms with van der Waals surface area (Å²) in [6, 6.07) is 13.2. The van der Waals surface area contributed by atoms with E-state index in [1.807, 2.05) is 24.3 Å². The van der Waals surface area contributed by atoms with Gasteiger partial charge in [0.25, 0.3) is 0 Å². The van der Waals surface area contributed by atoms with Crippen LogP contribution in [0.1, 0.15) is 24.0 Å². The number of benzene rings is 2. The second-order valence-corrected chi connectivity index (χ2v) is 8.43. The van der Waals surface area contributed by atoms with Crippen LogP contribution < -0.4 is 4.90 Å². The Morgan fingerprint density at radius 1 is 1.06 bits per heavy atom. The Morgan fingerprint density at radius 2 is 1.71 bits per heavy atom. The van der Waals surface area contributed by atoms with Crippen molar-refractivity contribution in [3.05, 3.63) is 71.6 Å². The first-order valence-electron chi connectivity index (χ1n) is 11.1. The van der Waals surface area contributed by atoms with Gasteiger partial charge in [0.1, 0.15) is 48.7 Å². The molecule has 1 unspecified atom stereocenters. The van der Waals surface area contributed by atoms with E-state index >= 15 is 0 Å². The number of hydrogen-bond acceptors (Lipinski definition) is 7. The summed E-state index contributed by atoms with van der Waals surface area (Å²) in [5.74, 6) is -0.165. The van der Waals surface area contributed by atoms with Gasteiger partial charge in [-0.25, -0.2) is 4.39 Å². The van der Waals surface area contributed by atoms with Crippen molar-refractivity contribution in [1.82, 2.24) is 0 Å². The summed E-state index contributed by atoms with van der Waals surface area (Å²) in [7, 11) is 0. The number of anilines is 1. The Morgan fingerprint density at radius 3 is 2.29 bits per heavy atom. The van der Waals surface area contributed by atoms with Gasteiger partial charge in [-0.1, -0.05) is 24.3 Å². The lowest BCUT2D eigenvalue weighted by Crippen LogP contribution is -2.59. The molecular weight excluding hydrogens is 445 g/mol. The molecule has 2 aromatic carbocycles. The number of rotatable bonds is 7. The van der Waals surface area contributed by atoms with Gasteiger partial charge in [-0.3, -0.25) is 4.79 Å². The predicted octanol–water partition coefficient (Wildman–Crippen LogP) is 1.18. The first-order valence-corrected chi connectivity index (χ1v) is 11.1. The maximum atomic E-state index is 13.1. The van der Waals surface area contributed by atoms with E-state index in [0.29, 0.717) is 18.0 Å². The van der Waals surface area contributed by atoms with Crippen molar-refractivity contribution in [2.45, 2.75) is 43.4 Å². The number of β-lactam (4-membered cyclic amide) rings is 1. The van der Waals surface area contributed by atoms with E-state index < -0.39 is 37.1 Å². The normalized spacial score (nSPS) is 29.6. The van der Waals surface area contributed by atoms with Crippen LogP contribution in [0.2, 0.25) is 0 Å². The Hall–Kier alpha value is -2.82. The third-order valence-electron chi connectivity index (χ3n) is 6.32. The van der Waals surface area contributed by atoms with Crippen LogP contribution in [0, 0.1) is 5.82 Å². The lowest BCUT2D eigenvalue weighted by Gasteiger charge is -2.40. The first-order chi connectivity index (χ1) is 16.3. The van der Waals surface area contributed by atoms with Crippen LogP contribution in [0.3, 0.4) is 0 Å². The molecule has 34 heavy (non-hydrogen) atoms. The number of aliphatic hydroxyl groups excluding tert-OH is 4. The van der Waals surface area contributed by atoms with E-state index in [1.54, 1.807) is 30.0 Å². The molecular formula is C25H28FNO7. The Balaban J connectivity index is 1.36. The van der Waals surface area contributed by atoms with Crippen LogP contribution in [0.15, 0.2) is 54.6 Å². The zero-order valence-electron chi connectivity index (χ0n) is 18.6. The van der Waals surface area contributed by atoms with Crippen molar-refractivity contribution < 1.29 is 39.1 Å². The van der Waals surface area contributed by atoms with Crippen LogP contribution in [0.25, 0.3) is 5.76 Å². The van der Waals surface area contributed by atoms with Crippen LogP contribution in [0.4, 0.5) is 10.1 Å². The van der Waals surface area contributed by atoms with E-state index in [4.69, 9.17) is 9.47 Å². The van der Waals surface area contributed by atoms with E-state index in [1.165, 1.54) is 12.1 Å². The molecule has 0 saturated carbocycles. The highest BCUT2D eigenvalue weighted by Crippen LogP contribution is 2.34. The molecule has 2 aliphatic rings. The number of nitrogens with zero attached hydrogens (tertiary/aromatic N) is 1. The molecule has 0 bridgehead atoms. The minimum absolute atomic E-state index is 0.0514. The molecule has 0 spiro atoms. The quantitative estimate of drug-likeness (QED) is 0.352. The summed E-state index contributed by atoms with van der Waals surface area (Å²) in [5, 5.41) is 39.3. The van der Waals surface area contributed by atoms with Gasteiger partial charge in [-0.2, -0.15) is 0 Å². The van der Waals surface area contributed by atoms with Crippen LogP contribution in [0.5, 0.6) is 0 Å². The Labute approximate surface area is 196 Å². The number of amides is 1. The molecule has 6 atom stereocenters. The molecule has 0 aliphatic carbocycles. The molecule has 0 radical (unpaired) electrons. The van der Waals surface area contributed by atoms with E-state index in [2.05, 4.69) is 0 Å². The molecule has 2 saturated heterocycles. The number of ether oxygens (including phenoxy) is 2. The number of halogens is 1. The van der Waals surface area contributed by atoms with Crippen molar-refractivity contribution in [3.63, 3.8) is 0 Å². The van der Waals surface area contributed by atoms with E-state index in [-0.39, 0.29) is 24.2 Å². The molecule has 9 heteroatoms. The fourth-order valence-corrected chi connectivity index (χ4v) is 4.23. The smallest absolute Gasteiger partial charge is 0.236 e. The zero-order valence-corrected chi connectivity index (χ0v) is 18.6. The van der Waals surface area contributed by atoms with Gasteiger partial charge >= 0.3 is 0 Å². The fourth-order valence-electron chi connectivity index (χ4n) is 4.23. The highest BCUT2D eigenvalue weighted by molar-refractivity contribution is 6.04. The van der Waals surface area contributed by atoms with Gasteiger partial charge in [0.2, 0.25) is 5.91 Å². The molecule has 2 heterocycles. The average molecular weight is 473 g/mol. The van der Waals surface area contributed by atoms with Crippen molar-refractivity contribution in [2.24, 2.45) is 0 Å². The van der Waals surface area contributed by atoms with Crippen LogP contribution in [-0.2, 0) is 14.3 Å². The lowest BCUT2D eigenvalue weighted by atomic mass is 9.89. The highest BCUT2D eigenvalue weighted by Gasteiger charge is 2.43. The van der Waals surface area contributed by atoms with Crippen molar-refractivity contribution in [3.8, 4) is 0 Å². The monoisotopic (exact) mass is 473 g/mol. The minimum atomic E-state index is -1.46. The average Bonchev–Trinajstić information content (AvgIpc) is 2.85. The van der Waals surface area contributed by atoms with E-state index in [9.17, 15) is 29.6 Å². The minimum Gasteiger partial charge on any atom is -0.490 e. The summed E-state index contributed by atoms with van der Waals surface area (Å²) in [6.45, 7) is 1.69. The van der Waals surface area contributed by atoms with Crippen LogP contribution >= 0.6 is 0 Å². The Kier molecular flexibility index (Phi) is 7.30. The molecule has 182 valence electrons. The molecule has 8 nitrogen and oxygen atoms in total. The van der Waals surface area contributed by atoms with Gasteiger partial charge in [-0.15, -0.1) is 0 Å². The van der Waals surface area contributed by atoms with Crippen LogP contribution in [-0.4, -0.2) is 76.6 Å². The van der Waals surface area contributed by atoms with Gasteiger partial charge in [-0.05, 0) is 42.8 Å². The van der Waals surface area contributed by atoms with Crippen molar-refractivity contribution >= 4 is 17.4 Å². The molecule has 0 aromatic heterocycles. The molecule has 2 aliphatic heterocycles. The number of carbonyl (C=O) groups excluding carboxylic acids is 1. The fraction of sp³-hybridized carbons (Fsp3) is 0.400. The van der Waals surface area contributed by atoms with Gasteiger partial charge in [0, 0.05) is 17.8 Å². The number of hydrogen-bond donors (Lipinski definition) is 4. The molecule has 4 N–H and O–H groups in total. The van der Waals surface area contributed by atoms with Crippen molar-refractivity contribution in [1.29, 1.82) is 0 Å².